The molecule has 1 heterocycles. The number of nitrogen functional groups attached to an aromatic ring is 1. The zero-order valence-electron chi connectivity index (χ0n) is 9.57. The van der Waals surface area contributed by atoms with Crippen molar-refractivity contribution in [2.45, 2.75) is 13.8 Å². The van der Waals surface area contributed by atoms with Crippen molar-refractivity contribution in [3.8, 4) is 16.9 Å². The average molecular weight is 218 g/mol. The number of methoxy groups -OCH3 is 1. The van der Waals surface area contributed by atoms with E-state index in [0.717, 1.165) is 28.1 Å². The Kier molecular flexibility index (Phi) is 2.56. The third-order valence-corrected chi connectivity index (χ3v) is 2.51. The highest BCUT2D eigenvalue weighted by molar-refractivity contribution is 5.79. The molecule has 0 atom stereocenters. The highest BCUT2D eigenvalue weighted by atomic mass is 16.5. The van der Waals surface area contributed by atoms with Crippen molar-refractivity contribution in [1.29, 1.82) is 0 Å². The van der Waals surface area contributed by atoms with E-state index in [4.69, 9.17) is 15.0 Å². The number of nitrogens with zero attached hydrogens (tertiary/aromatic N) is 1. The summed E-state index contributed by atoms with van der Waals surface area (Å²) >= 11 is 0. The number of ether oxygens (including phenoxy) is 1. The van der Waals surface area contributed by atoms with Crippen molar-refractivity contribution >= 4 is 5.88 Å². The zero-order chi connectivity index (χ0) is 11.7. The predicted molar refractivity (Wildman–Crippen MR) is 62.4 cm³/mol. The second-order valence-corrected chi connectivity index (χ2v) is 3.71. The second kappa shape index (κ2) is 3.89. The molecule has 2 aromatic rings. The van der Waals surface area contributed by atoms with E-state index in [9.17, 15) is 0 Å². The Labute approximate surface area is 94.0 Å². The molecular formula is C12H14N2O2. The summed E-state index contributed by atoms with van der Waals surface area (Å²) in [5.41, 5.74) is 9.38. The molecule has 0 aliphatic rings. The standard InChI is InChI=1S/C12H14N2O2/c1-7-4-5-10(15-3)9(6-7)11-8(2)14-16-12(11)13/h4-6H,13H2,1-3H3. The summed E-state index contributed by atoms with van der Waals surface area (Å²) < 4.78 is 10.3. The molecule has 84 valence electrons. The molecule has 0 unspecified atom stereocenters. The van der Waals surface area contributed by atoms with Crippen LogP contribution in [0.15, 0.2) is 22.7 Å². The number of hydrogen-bond donors (Lipinski definition) is 1. The number of rotatable bonds is 2. The number of benzene rings is 1. The van der Waals surface area contributed by atoms with Gasteiger partial charge in [0.2, 0.25) is 5.88 Å². The summed E-state index contributed by atoms with van der Waals surface area (Å²) in [6.07, 6.45) is 0. The van der Waals surface area contributed by atoms with Gasteiger partial charge >= 0.3 is 0 Å². The van der Waals surface area contributed by atoms with Gasteiger partial charge in [0.15, 0.2) is 0 Å². The van der Waals surface area contributed by atoms with E-state index in [1.807, 2.05) is 32.0 Å². The van der Waals surface area contributed by atoms with Crippen molar-refractivity contribution in [1.82, 2.24) is 5.16 Å². The predicted octanol–water partition coefficient (Wildman–Crippen LogP) is 2.55. The number of nitrogens with two attached hydrogens (primary N) is 1. The van der Waals surface area contributed by atoms with E-state index in [0.29, 0.717) is 5.88 Å². The maximum absolute atomic E-state index is 5.76. The fourth-order valence-corrected chi connectivity index (χ4v) is 1.73. The Hall–Kier alpha value is -1.97. The first kappa shape index (κ1) is 10.5. The molecule has 0 aliphatic carbocycles. The van der Waals surface area contributed by atoms with Crippen LogP contribution in [0.4, 0.5) is 5.88 Å². The molecule has 4 heteroatoms. The molecular weight excluding hydrogens is 204 g/mol. The Morgan fingerprint density at radius 3 is 2.62 bits per heavy atom. The van der Waals surface area contributed by atoms with Crippen LogP contribution >= 0.6 is 0 Å². The molecule has 2 N–H and O–H groups in total. The molecule has 0 aliphatic heterocycles. The molecule has 0 saturated heterocycles. The van der Waals surface area contributed by atoms with Gasteiger partial charge in [0.05, 0.1) is 18.4 Å². The number of aromatic nitrogens is 1. The van der Waals surface area contributed by atoms with E-state index in [-0.39, 0.29) is 0 Å². The van der Waals surface area contributed by atoms with Crippen LogP contribution in [-0.4, -0.2) is 12.3 Å². The normalized spacial score (nSPS) is 10.4. The molecule has 16 heavy (non-hydrogen) atoms. The molecule has 0 spiro atoms. The van der Waals surface area contributed by atoms with E-state index in [1.54, 1.807) is 7.11 Å². The van der Waals surface area contributed by atoms with Crippen LogP contribution in [0.3, 0.4) is 0 Å². The molecule has 0 fully saturated rings. The van der Waals surface area contributed by atoms with Crippen LogP contribution in [0.1, 0.15) is 11.3 Å². The van der Waals surface area contributed by atoms with E-state index < -0.39 is 0 Å². The molecule has 0 bridgehead atoms. The maximum Gasteiger partial charge on any atom is 0.230 e. The highest BCUT2D eigenvalue weighted by Crippen LogP contribution is 2.36. The van der Waals surface area contributed by atoms with Crippen molar-refractivity contribution in [2.24, 2.45) is 0 Å². The Morgan fingerprint density at radius 1 is 1.31 bits per heavy atom. The van der Waals surface area contributed by atoms with Gasteiger partial charge in [0, 0.05) is 5.56 Å². The summed E-state index contributed by atoms with van der Waals surface area (Å²) in [6.45, 7) is 3.87. The third-order valence-electron chi connectivity index (χ3n) is 2.51. The molecule has 1 aromatic heterocycles. The van der Waals surface area contributed by atoms with Crippen molar-refractivity contribution in [3.63, 3.8) is 0 Å². The van der Waals surface area contributed by atoms with Gasteiger partial charge in [-0.2, -0.15) is 0 Å². The van der Waals surface area contributed by atoms with Gasteiger partial charge in [-0.3, -0.25) is 0 Å². The van der Waals surface area contributed by atoms with Gasteiger partial charge in [0.25, 0.3) is 0 Å². The third kappa shape index (κ3) is 1.62. The lowest BCUT2D eigenvalue weighted by molar-refractivity contribution is 0.416. The minimum Gasteiger partial charge on any atom is -0.496 e. The first-order valence-corrected chi connectivity index (χ1v) is 5.00. The smallest absolute Gasteiger partial charge is 0.230 e. The lowest BCUT2D eigenvalue weighted by Crippen LogP contribution is -1.92. The van der Waals surface area contributed by atoms with Crippen molar-refractivity contribution in [3.05, 3.63) is 29.5 Å². The van der Waals surface area contributed by atoms with Crippen molar-refractivity contribution in [2.75, 3.05) is 12.8 Å². The second-order valence-electron chi connectivity index (χ2n) is 3.71. The van der Waals surface area contributed by atoms with Gasteiger partial charge in [-0.15, -0.1) is 0 Å². The monoisotopic (exact) mass is 218 g/mol. The fraction of sp³-hybridized carbons (Fsp3) is 0.250. The van der Waals surface area contributed by atoms with Gasteiger partial charge in [-0.05, 0) is 26.0 Å². The summed E-state index contributed by atoms with van der Waals surface area (Å²) in [7, 11) is 1.63. The highest BCUT2D eigenvalue weighted by Gasteiger charge is 2.16. The SMILES string of the molecule is COc1ccc(C)cc1-c1c(C)noc1N. The number of hydrogen-bond acceptors (Lipinski definition) is 4. The van der Waals surface area contributed by atoms with Gasteiger partial charge in [-0.25, -0.2) is 0 Å². The first-order valence-electron chi connectivity index (χ1n) is 5.00. The fourth-order valence-electron chi connectivity index (χ4n) is 1.73. The van der Waals surface area contributed by atoms with Gasteiger partial charge in [0.1, 0.15) is 5.75 Å². The van der Waals surface area contributed by atoms with Crippen LogP contribution in [0, 0.1) is 13.8 Å². The van der Waals surface area contributed by atoms with Crippen LogP contribution in [0.25, 0.3) is 11.1 Å². The topological polar surface area (TPSA) is 61.3 Å². The molecule has 0 radical (unpaired) electrons. The van der Waals surface area contributed by atoms with Crippen LogP contribution in [0.2, 0.25) is 0 Å². The van der Waals surface area contributed by atoms with Crippen LogP contribution in [-0.2, 0) is 0 Å². The number of aryl methyl sites for hydroxylation is 2. The Balaban J connectivity index is 2.67. The minimum absolute atomic E-state index is 0.321. The lowest BCUT2D eigenvalue weighted by Gasteiger charge is -2.08. The summed E-state index contributed by atoms with van der Waals surface area (Å²) in [4.78, 5) is 0. The summed E-state index contributed by atoms with van der Waals surface area (Å²) in [5.74, 6) is 1.09. The minimum atomic E-state index is 0.321. The van der Waals surface area contributed by atoms with Crippen molar-refractivity contribution < 1.29 is 9.26 Å². The molecule has 0 saturated carbocycles. The van der Waals surface area contributed by atoms with Gasteiger partial charge in [-0.1, -0.05) is 16.8 Å². The lowest BCUT2D eigenvalue weighted by atomic mass is 10.0. The van der Waals surface area contributed by atoms with E-state index in [1.165, 1.54) is 0 Å². The summed E-state index contributed by atoms with van der Waals surface area (Å²) in [6, 6.07) is 5.91. The average Bonchev–Trinajstić information content (AvgIpc) is 2.58. The molecule has 2 rings (SSSR count). The Bertz CT molecular complexity index is 498. The largest absolute Gasteiger partial charge is 0.496 e. The maximum atomic E-state index is 5.76. The molecule has 1 aromatic carbocycles. The number of anilines is 1. The zero-order valence-corrected chi connectivity index (χ0v) is 9.57. The van der Waals surface area contributed by atoms with E-state index in [2.05, 4.69) is 5.16 Å². The quantitative estimate of drug-likeness (QED) is 0.841. The van der Waals surface area contributed by atoms with Crippen LogP contribution in [0.5, 0.6) is 5.75 Å². The molecule has 4 nitrogen and oxygen atoms in total. The first-order chi connectivity index (χ1) is 7.63. The molecule has 0 amide bonds. The van der Waals surface area contributed by atoms with E-state index >= 15 is 0 Å². The Morgan fingerprint density at radius 2 is 2.06 bits per heavy atom. The van der Waals surface area contributed by atoms with Gasteiger partial charge < -0.3 is 15.0 Å². The van der Waals surface area contributed by atoms with Crippen LogP contribution < -0.4 is 10.5 Å². The summed E-state index contributed by atoms with van der Waals surface area (Å²) in [5, 5.41) is 3.84.